The van der Waals surface area contributed by atoms with E-state index in [4.69, 9.17) is 0 Å². The number of benzene rings is 2. The molecule has 0 unspecified atom stereocenters. The summed E-state index contributed by atoms with van der Waals surface area (Å²) < 4.78 is 0. The van der Waals surface area contributed by atoms with Crippen LogP contribution in [0.1, 0.15) is 28.5 Å². The fourth-order valence-corrected chi connectivity index (χ4v) is 2.42. The monoisotopic (exact) mass is 332 g/mol. The van der Waals surface area contributed by atoms with Gasteiger partial charge in [-0.15, -0.1) is 0 Å². The van der Waals surface area contributed by atoms with Crippen LogP contribution in [-0.4, -0.2) is 15.9 Å². The molecule has 5 nitrogen and oxygen atoms in total. The highest BCUT2D eigenvalue weighted by molar-refractivity contribution is 6.03. The summed E-state index contributed by atoms with van der Waals surface area (Å²) in [6, 6.07) is 17.3. The molecule has 0 bridgehead atoms. The number of carbonyl (C=O) groups excluding carboxylic acids is 1. The Bertz CT molecular complexity index is 875. The van der Waals surface area contributed by atoms with Gasteiger partial charge in [-0.1, -0.05) is 37.3 Å². The number of hydrogen-bond donors (Lipinski definition) is 2. The molecule has 5 heteroatoms. The van der Waals surface area contributed by atoms with Crippen LogP contribution >= 0.6 is 0 Å². The Labute approximate surface area is 147 Å². The molecule has 0 saturated carbocycles. The average molecular weight is 332 g/mol. The number of anilines is 3. The van der Waals surface area contributed by atoms with Crippen LogP contribution in [0.25, 0.3) is 0 Å². The zero-order valence-electron chi connectivity index (χ0n) is 14.3. The van der Waals surface area contributed by atoms with E-state index in [1.54, 1.807) is 6.07 Å². The van der Waals surface area contributed by atoms with Crippen molar-refractivity contribution >= 4 is 23.1 Å². The predicted molar refractivity (Wildman–Crippen MR) is 100 cm³/mol. The number of para-hydroxylation sites is 1. The molecule has 0 aliphatic heterocycles. The van der Waals surface area contributed by atoms with E-state index in [1.807, 2.05) is 55.5 Å². The summed E-state index contributed by atoms with van der Waals surface area (Å²) in [5, 5.41) is 6.07. The third kappa shape index (κ3) is 4.20. The smallest absolute Gasteiger partial charge is 0.274 e. The second-order valence-corrected chi connectivity index (χ2v) is 5.73. The molecule has 0 atom stereocenters. The van der Waals surface area contributed by atoms with Crippen molar-refractivity contribution in [2.24, 2.45) is 0 Å². The van der Waals surface area contributed by atoms with E-state index in [2.05, 4.69) is 27.5 Å². The topological polar surface area (TPSA) is 66.9 Å². The molecule has 3 aromatic rings. The second-order valence-electron chi connectivity index (χ2n) is 5.73. The van der Waals surface area contributed by atoms with Gasteiger partial charge in [-0.2, -0.15) is 0 Å². The van der Waals surface area contributed by atoms with Gasteiger partial charge in [-0.3, -0.25) is 4.79 Å². The largest absolute Gasteiger partial charge is 0.340 e. The van der Waals surface area contributed by atoms with Gasteiger partial charge in [0.05, 0.1) is 0 Å². The fraction of sp³-hybridized carbons (Fsp3) is 0.150. The quantitative estimate of drug-likeness (QED) is 0.729. The van der Waals surface area contributed by atoms with Crippen molar-refractivity contribution in [1.82, 2.24) is 9.97 Å². The van der Waals surface area contributed by atoms with Crippen LogP contribution in [0, 0.1) is 6.92 Å². The Morgan fingerprint density at radius 1 is 1.04 bits per heavy atom. The van der Waals surface area contributed by atoms with E-state index in [-0.39, 0.29) is 5.91 Å². The van der Waals surface area contributed by atoms with Crippen molar-refractivity contribution < 1.29 is 4.79 Å². The highest BCUT2D eigenvalue weighted by Gasteiger charge is 2.10. The number of aromatic nitrogens is 2. The zero-order chi connectivity index (χ0) is 17.6. The van der Waals surface area contributed by atoms with Crippen molar-refractivity contribution in [3.63, 3.8) is 0 Å². The summed E-state index contributed by atoms with van der Waals surface area (Å²) in [6.45, 7) is 4.11. The van der Waals surface area contributed by atoms with Gasteiger partial charge in [0.25, 0.3) is 5.91 Å². The molecule has 0 saturated heterocycles. The Balaban J connectivity index is 1.74. The Morgan fingerprint density at radius 2 is 1.80 bits per heavy atom. The van der Waals surface area contributed by atoms with Crippen LogP contribution in [0.15, 0.2) is 60.9 Å². The lowest BCUT2D eigenvalue weighted by atomic mass is 10.1. The molecule has 2 aromatic carbocycles. The van der Waals surface area contributed by atoms with Gasteiger partial charge in [0.15, 0.2) is 0 Å². The summed E-state index contributed by atoms with van der Waals surface area (Å²) in [5.74, 6) is 0.315. The molecule has 0 aliphatic carbocycles. The molecule has 126 valence electrons. The number of aryl methyl sites for hydroxylation is 2. The van der Waals surface area contributed by atoms with Crippen LogP contribution in [0.3, 0.4) is 0 Å². The Morgan fingerprint density at radius 3 is 2.52 bits per heavy atom. The minimum atomic E-state index is -0.264. The minimum Gasteiger partial charge on any atom is -0.340 e. The number of rotatable bonds is 5. The number of nitrogens with zero attached hydrogens (tertiary/aromatic N) is 2. The molecular formula is C20H20N4O. The summed E-state index contributed by atoms with van der Waals surface area (Å²) in [7, 11) is 0. The average Bonchev–Trinajstić information content (AvgIpc) is 2.64. The van der Waals surface area contributed by atoms with Crippen molar-refractivity contribution in [3.8, 4) is 0 Å². The number of amides is 1. The normalized spacial score (nSPS) is 10.3. The van der Waals surface area contributed by atoms with E-state index in [1.165, 1.54) is 11.9 Å². The summed E-state index contributed by atoms with van der Waals surface area (Å²) in [6.07, 6.45) is 2.35. The van der Waals surface area contributed by atoms with Crippen LogP contribution in [0.2, 0.25) is 0 Å². The lowest BCUT2D eigenvalue weighted by Crippen LogP contribution is -2.14. The molecule has 1 amide bonds. The highest BCUT2D eigenvalue weighted by atomic mass is 16.1. The lowest BCUT2D eigenvalue weighted by Gasteiger charge is -2.09. The van der Waals surface area contributed by atoms with Gasteiger partial charge in [-0.05, 0) is 42.7 Å². The summed E-state index contributed by atoms with van der Waals surface area (Å²) in [5.41, 5.74) is 4.33. The molecule has 0 fully saturated rings. The van der Waals surface area contributed by atoms with Crippen molar-refractivity contribution in [2.45, 2.75) is 20.3 Å². The van der Waals surface area contributed by atoms with Gasteiger partial charge in [0, 0.05) is 17.4 Å². The second kappa shape index (κ2) is 7.57. The van der Waals surface area contributed by atoms with Gasteiger partial charge in [0.2, 0.25) is 0 Å². The zero-order valence-corrected chi connectivity index (χ0v) is 14.3. The third-order valence-corrected chi connectivity index (χ3v) is 3.93. The molecule has 0 radical (unpaired) electrons. The van der Waals surface area contributed by atoms with E-state index in [0.29, 0.717) is 11.5 Å². The molecule has 1 aromatic heterocycles. The van der Waals surface area contributed by atoms with Crippen LogP contribution < -0.4 is 10.6 Å². The number of nitrogens with one attached hydrogen (secondary N) is 2. The Hall–Kier alpha value is -3.21. The molecule has 25 heavy (non-hydrogen) atoms. The molecule has 2 N–H and O–H groups in total. The number of carbonyl (C=O) groups is 1. The first kappa shape index (κ1) is 16.6. The third-order valence-electron chi connectivity index (χ3n) is 3.93. The number of hydrogen-bond acceptors (Lipinski definition) is 4. The van der Waals surface area contributed by atoms with Crippen molar-refractivity contribution in [1.29, 1.82) is 0 Å². The fourth-order valence-electron chi connectivity index (χ4n) is 2.42. The first-order chi connectivity index (χ1) is 12.2. The van der Waals surface area contributed by atoms with E-state index < -0.39 is 0 Å². The standard InChI is InChI=1S/C20H20N4O/c1-3-15-8-10-16(11-9-15)23-20(25)18-12-19(22-13-21-18)24-17-7-5-4-6-14(17)2/h4-13H,3H2,1-2H3,(H,23,25)(H,21,22,24). The minimum absolute atomic E-state index is 0.264. The van der Waals surface area contributed by atoms with E-state index in [9.17, 15) is 4.79 Å². The maximum atomic E-state index is 12.4. The van der Waals surface area contributed by atoms with Gasteiger partial charge < -0.3 is 10.6 Å². The molecule has 1 heterocycles. The SMILES string of the molecule is CCc1ccc(NC(=O)c2cc(Nc3ccccc3C)ncn2)cc1. The van der Waals surface area contributed by atoms with Crippen molar-refractivity contribution in [2.75, 3.05) is 10.6 Å². The molecule has 0 spiro atoms. The van der Waals surface area contributed by atoms with E-state index >= 15 is 0 Å². The van der Waals surface area contributed by atoms with Gasteiger partial charge in [-0.25, -0.2) is 9.97 Å². The van der Waals surface area contributed by atoms with Crippen LogP contribution in [0.4, 0.5) is 17.2 Å². The van der Waals surface area contributed by atoms with E-state index in [0.717, 1.165) is 23.4 Å². The first-order valence-corrected chi connectivity index (χ1v) is 8.20. The summed E-state index contributed by atoms with van der Waals surface area (Å²) >= 11 is 0. The van der Waals surface area contributed by atoms with Crippen LogP contribution in [0.5, 0.6) is 0 Å². The molecular weight excluding hydrogens is 312 g/mol. The Kier molecular flexibility index (Phi) is 5.04. The first-order valence-electron chi connectivity index (χ1n) is 8.20. The predicted octanol–water partition coefficient (Wildman–Crippen LogP) is 4.34. The molecule has 3 rings (SSSR count). The van der Waals surface area contributed by atoms with Crippen molar-refractivity contribution in [3.05, 3.63) is 77.7 Å². The van der Waals surface area contributed by atoms with Gasteiger partial charge >= 0.3 is 0 Å². The maximum absolute atomic E-state index is 12.4. The maximum Gasteiger partial charge on any atom is 0.274 e. The van der Waals surface area contributed by atoms with Gasteiger partial charge in [0.1, 0.15) is 17.8 Å². The summed E-state index contributed by atoms with van der Waals surface area (Å²) in [4.78, 5) is 20.7. The molecule has 0 aliphatic rings. The highest BCUT2D eigenvalue weighted by Crippen LogP contribution is 2.19. The van der Waals surface area contributed by atoms with Crippen LogP contribution in [-0.2, 0) is 6.42 Å². The lowest BCUT2D eigenvalue weighted by molar-refractivity contribution is 0.102.